The van der Waals surface area contributed by atoms with Crippen molar-refractivity contribution in [2.75, 3.05) is 12.4 Å². The highest BCUT2D eigenvalue weighted by molar-refractivity contribution is 8.14. The number of nitrogens with one attached hydrogen (secondary N) is 1. The number of benzene rings is 1. The average Bonchev–Trinajstić information content (AvgIpc) is 2.75. The van der Waals surface area contributed by atoms with Gasteiger partial charge in [-0.3, -0.25) is 4.79 Å². The molecule has 1 atom stereocenters. The molecule has 2 N–H and O–H groups in total. The predicted octanol–water partition coefficient (Wildman–Crippen LogP) is 0.809. The van der Waals surface area contributed by atoms with Crippen LogP contribution in [-0.4, -0.2) is 34.6 Å². The van der Waals surface area contributed by atoms with Crippen LogP contribution in [0.1, 0.15) is 5.56 Å². The summed E-state index contributed by atoms with van der Waals surface area (Å²) in [6.45, 7) is 0.0165. The minimum atomic E-state index is -0.117. The second kappa shape index (κ2) is 5.84. The molecule has 4 nitrogen and oxygen atoms in total. The summed E-state index contributed by atoms with van der Waals surface area (Å²) in [5.41, 5.74) is 1.15. The molecule has 0 aliphatic carbocycles. The summed E-state index contributed by atoms with van der Waals surface area (Å²) in [5.74, 6) is 0.278. The smallest absolute Gasteiger partial charge is 0.258 e. The lowest BCUT2D eigenvalue weighted by Gasteiger charge is -2.16. The zero-order chi connectivity index (χ0) is 12.1. The van der Waals surface area contributed by atoms with Crippen molar-refractivity contribution in [2.24, 2.45) is 4.99 Å². The van der Waals surface area contributed by atoms with Gasteiger partial charge in [0.05, 0.1) is 18.4 Å². The van der Waals surface area contributed by atoms with Gasteiger partial charge in [-0.25, -0.2) is 0 Å². The molecule has 0 aromatic heterocycles. The summed E-state index contributed by atoms with van der Waals surface area (Å²) in [5, 5.41) is 13.0. The number of hydrogen-bond donors (Lipinski definition) is 2. The van der Waals surface area contributed by atoms with Gasteiger partial charge in [0.1, 0.15) is 0 Å². The van der Waals surface area contributed by atoms with Gasteiger partial charge < -0.3 is 10.4 Å². The first-order chi connectivity index (χ1) is 8.28. The SMILES string of the molecule is O=C1CSC(NC(CO)Cc2ccccc2)=N1. The topological polar surface area (TPSA) is 61.7 Å². The van der Waals surface area contributed by atoms with Crippen LogP contribution in [0.2, 0.25) is 0 Å². The summed E-state index contributed by atoms with van der Waals surface area (Å²) >= 11 is 1.38. The van der Waals surface area contributed by atoms with Crippen LogP contribution in [0.25, 0.3) is 0 Å². The highest BCUT2D eigenvalue weighted by Gasteiger charge is 2.18. The molecular weight excluding hydrogens is 236 g/mol. The van der Waals surface area contributed by atoms with Crippen LogP contribution in [0, 0.1) is 0 Å². The van der Waals surface area contributed by atoms with Crippen LogP contribution in [0.3, 0.4) is 0 Å². The third-order valence-electron chi connectivity index (χ3n) is 2.43. The van der Waals surface area contributed by atoms with Crippen molar-refractivity contribution in [3.8, 4) is 0 Å². The van der Waals surface area contributed by atoms with E-state index in [1.807, 2.05) is 30.3 Å². The maximum Gasteiger partial charge on any atom is 0.258 e. The number of amidine groups is 1. The fourth-order valence-electron chi connectivity index (χ4n) is 1.62. The number of carbonyl (C=O) groups excluding carboxylic acids is 1. The summed E-state index contributed by atoms with van der Waals surface area (Å²) in [6, 6.07) is 9.82. The fraction of sp³-hybridized carbons (Fsp3) is 0.333. The summed E-state index contributed by atoms with van der Waals surface area (Å²) in [7, 11) is 0. The van der Waals surface area contributed by atoms with Gasteiger partial charge in [0.2, 0.25) is 0 Å². The number of nitrogens with zero attached hydrogens (tertiary/aromatic N) is 1. The number of carbonyl (C=O) groups is 1. The lowest BCUT2D eigenvalue weighted by Crippen LogP contribution is -2.37. The second-order valence-corrected chi connectivity index (χ2v) is 4.78. The van der Waals surface area contributed by atoms with E-state index in [-0.39, 0.29) is 18.6 Å². The van der Waals surface area contributed by atoms with E-state index < -0.39 is 0 Å². The van der Waals surface area contributed by atoms with Gasteiger partial charge >= 0.3 is 0 Å². The Morgan fingerprint density at radius 3 is 2.76 bits per heavy atom. The minimum Gasteiger partial charge on any atom is -0.394 e. The van der Waals surface area contributed by atoms with Crippen molar-refractivity contribution in [3.63, 3.8) is 0 Å². The van der Waals surface area contributed by atoms with Gasteiger partial charge in [-0.1, -0.05) is 42.1 Å². The zero-order valence-electron chi connectivity index (χ0n) is 9.30. The minimum absolute atomic E-state index is 0.0165. The van der Waals surface area contributed by atoms with Gasteiger partial charge in [-0.15, -0.1) is 0 Å². The van der Waals surface area contributed by atoms with Crippen LogP contribution < -0.4 is 5.32 Å². The van der Waals surface area contributed by atoms with Crippen LogP contribution in [0.4, 0.5) is 0 Å². The number of amides is 1. The highest BCUT2D eigenvalue weighted by Crippen LogP contribution is 2.12. The number of aliphatic imine (C=N–C) groups is 1. The van der Waals surface area contributed by atoms with Crippen LogP contribution >= 0.6 is 11.8 Å². The molecule has 1 unspecified atom stereocenters. The van der Waals surface area contributed by atoms with E-state index in [1.165, 1.54) is 11.8 Å². The normalized spacial score (nSPS) is 16.8. The summed E-state index contributed by atoms with van der Waals surface area (Å²) in [4.78, 5) is 14.8. The Morgan fingerprint density at radius 2 is 2.18 bits per heavy atom. The lowest BCUT2D eigenvalue weighted by atomic mass is 10.1. The Labute approximate surface area is 104 Å². The van der Waals surface area contributed by atoms with Crippen molar-refractivity contribution in [2.45, 2.75) is 12.5 Å². The maximum atomic E-state index is 11.0. The van der Waals surface area contributed by atoms with Crippen molar-refractivity contribution >= 4 is 22.8 Å². The van der Waals surface area contributed by atoms with Crippen molar-refractivity contribution < 1.29 is 9.90 Å². The summed E-state index contributed by atoms with van der Waals surface area (Å²) in [6.07, 6.45) is 0.713. The monoisotopic (exact) mass is 250 g/mol. The van der Waals surface area contributed by atoms with Crippen molar-refractivity contribution in [3.05, 3.63) is 35.9 Å². The van der Waals surface area contributed by atoms with Gasteiger partial charge in [0.25, 0.3) is 5.91 Å². The number of thioether (sulfide) groups is 1. The Bertz CT molecular complexity index is 420. The molecule has 17 heavy (non-hydrogen) atoms. The van der Waals surface area contributed by atoms with E-state index in [0.29, 0.717) is 17.3 Å². The molecule has 0 bridgehead atoms. The maximum absolute atomic E-state index is 11.0. The Hall–Kier alpha value is -1.33. The van der Waals surface area contributed by atoms with Gasteiger partial charge in [0.15, 0.2) is 5.17 Å². The van der Waals surface area contributed by atoms with Gasteiger partial charge in [-0.2, -0.15) is 4.99 Å². The number of aliphatic hydroxyl groups excluding tert-OH is 1. The third-order valence-corrected chi connectivity index (χ3v) is 3.31. The first-order valence-electron chi connectivity index (χ1n) is 5.43. The molecule has 0 saturated heterocycles. The molecule has 0 spiro atoms. The third kappa shape index (κ3) is 3.57. The Kier molecular flexibility index (Phi) is 4.17. The quantitative estimate of drug-likeness (QED) is 0.830. The van der Waals surface area contributed by atoms with Crippen molar-refractivity contribution in [1.29, 1.82) is 0 Å². The molecule has 0 saturated carbocycles. The molecule has 1 aromatic carbocycles. The molecule has 1 amide bonds. The van der Waals surface area contributed by atoms with Crippen LogP contribution in [-0.2, 0) is 11.2 Å². The standard InChI is InChI=1S/C12H14N2O2S/c15-7-10(6-9-4-2-1-3-5-9)13-12-14-11(16)8-17-12/h1-5,10,15H,6-8H2,(H,13,14,16). The molecule has 90 valence electrons. The average molecular weight is 250 g/mol. The zero-order valence-corrected chi connectivity index (χ0v) is 10.1. The van der Waals surface area contributed by atoms with Crippen LogP contribution in [0.15, 0.2) is 35.3 Å². The summed E-state index contributed by atoms with van der Waals surface area (Å²) < 4.78 is 0. The molecular formula is C12H14N2O2S. The Balaban J connectivity index is 1.93. The molecule has 1 aliphatic rings. The molecule has 0 fully saturated rings. The first kappa shape index (κ1) is 12.1. The first-order valence-corrected chi connectivity index (χ1v) is 6.42. The van der Waals surface area contributed by atoms with Gasteiger partial charge in [0, 0.05) is 0 Å². The number of hydrogen-bond acceptors (Lipinski definition) is 4. The molecule has 1 aliphatic heterocycles. The van der Waals surface area contributed by atoms with E-state index in [4.69, 9.17) is 0 Å². The second-order valence-electron chi connectivity index (χ2n) is 3.81. The molecule has 1 aromatic rings. The molecule has 0 radical (unpaired) electrons. The van der Waals surface area contributed by atoms with E-state index >= 15 is 0 Å². The fourth-order valence-corrected chi connectivity index (χ4v) is 2.36. The molecule has 1 heterocycles. The largest absolute Gasteiger partial charge is 0.394 e. The lowest BCUT2D eigenvalue weighted by molar-refractivity contribution is -0.115. The van der Waals surface area contributed by atoms with E-state index in [2.05, 4.69) is 10.3 Å². The molecule has 2 rings (SSSR count). The van der Waals surface area contributed by atoms with E-state index in [0.717, 1.165) is 5.56 Å². The number of rotatable bonds is 4. The Morgan fingerprint density at radius 1 is 1.41 bits per heavy atom. The van der Waals surface area contributed by atoms with Crippen molar-refractivity contribution in [1.82, 2.24) is 5.32 Å². The van der Waals surface area contributed by atoms with Crippen LogP contribution in [0.5, 0.6) is 0 Å². The number of aliphatic hydroxyl groups is 1. The predicted molar refractivity (Wildman–Crippen MR) is 69.1 cm³/mol. The molecule has 5 heteroatoms. The van der Waals surface area contributed by atoms with E-state index in [1.54, 1.807) is 0 Å². The van der Waals surface area contributed by atoms with Gasteiger partial charge in [-0.05, 0) is 12.0 Å². The highest BCUT2D eigenvalue weighted by atomic mass is 32.2. The van der Waals surface area contributed by atoms with E-state index in [9.17, 15) is 9.90 Å².